The van der Waals surface area contributed by atoms with Gasteiger partial charge in [-0.3, -0.25) is 9.10 Å². The number of rotatable bonds is 7. The Morgan fingerprint density at radius 1 is 1.15 bits per heavy atom. The molecule has 0 aromatic heterocycles. The minimum atomic E-state index is -3.64. The predicted molar refractivity (Wildman–Crippen MR) is 114 cm³/mol. The van der Waals surface area contributed by atoms with E-state index in [4.69, 9.17) is 0 Å². The molecule has 1 N–H and O–H groups in total. The number of sulfonamides is 1. The molecule has 1 amide bonds. The summed E-state index contributed by atoms with van der Waals surface area (Å²) in [7, 11) is -3.64. The average molecular weight is 407 g/mol. The third-order valence-electron chi connectivity index (χ3n) is 4.28. The summed E-state index contributed by atoms with van der Waals surface area (Å²) in [5.74, 6) is 0.503. The molecule has 0 saturated carbocycles. The molecule has 5 nitrogen and oxygen atoms in total. The van der Waals surface area contributed by atoms with Gasteiger partial charge in [-0.15, -0.1) is 11.8 Å². The molecule has 0 radical (unpaired) electrons. The van der Waals surface area contributed by atoms with Crippen molar-refractivity contribution in [3.05, 3.63) is 53.6 Å². The molecular formula is C20H26N2O3S2. The lowest BCUT2D eigenvalue weighted by Gasteiger charge is -2.29. The number of para-hydroxylation sites is 1. The van der Waals surface area contributed by atoms with Gasteiger partial charge >= 0.3 is 0 Å². The quantitative estimate of drug-likeness (QED) is 0.700. The fraction of sp³-hybridized carbons (Fsp3) is 0.350. The van der Waals surface area contributed by atoms with E-state index < -0.39 is 16.1 Å². The summed E-state index contributed by atoms with van der Waals surface area (Å²) in [4.78, 5) is 13.8. The topological polar surface area (TPSA) is 66.5 Å². The molecular weight excluding hydrogens is 380 g/mol. The highest BCUT2D eigenvalue weighted by atomic mass is 32.2. The van der Waals surface area contributed by atoms with Crippen LogP contribution in [0.4, 0.5) is 11.4 Å². The van der Waals surface area contributed by atoms with Crippen molar-refractivity contribution in [3.8, 4) is 0 Å². The molecule has 1 atom stereocenters. The molecule has 0 aliphatic carbocycles. The Hall–Kier alpha value is -1.99. The van der Waals surface area contributed by atoms with Gasteiger partial charge in [0.1, 0.15) is 6.04 Å². The van der Waals surface area contributed by atoms with Crippen LogP contribution in [0.2, 0.25) is 0 Å². The van der Waals surface area contributed by atoms with Crippen molar-refractivity contribution in [2.24, 2.45) is 0 Å². The number of amides is 1. The highest BCUT2D eigenvalue weighted by Gasteiger charge is 2.29. The van der Waals surface area contributed by atoms with Crippen molar-refractivity contribution in [1.29, 1.82) is 0 Å². The molecule has 0 fully saturated rings. The minimum Gasteiger partial charge on any atom is -0.323 e. The number of nitrogens with one attached hydrogen (secondary N) is 1. The van der Waals surface area contributed by atoms with E-state index in [-0.39, 0.29) is 5.91 Å². The summed E-state index contributed by atoms with van der Waals surface area (Å²) in [5.41, 5.74) is 3.21. The van der Waals surface area contributed by atoms with Crippen LogP contribution >= 0.6 is 11.8 Å². The van der Waals surface area contributed by atoms with E-state index in [9.17, 15) is 13.2 Å². The number of carbonyl (C=O) groups excluding carboxylic acids is 1. The maximum atomic E-state index is 12.9. The number of thioether (sulfide) groups is 1. The molecule has 2 aromatic rings. The first-order chi connectivity index (χ1) is 12.6. The Labute approximate surface area is 166 Å². The highest BCUT2D eigenvalue weighted by Crippen LogP contribution is 2.28. The van der Waals surface area contributed by atoms with Gasteiger partial charge in [0.05, 0.1) is 17.6 Å². The summed E-state index contributed by atoms with van der Waals surface area (Å²) >= 11 is 1.62. The number of benzene rings is 2. The van der Waals surface area contributed by atoms with E-state index in [1.54, 1.807) is 30.8 Å². The monoisotopic (exact) mass is 406 g/mol. The zero-order valence-corrected chi connectivity index (χ0v) is 17.9. The molecule has 2 aromatic carbocycles. The molecule has 0 heterocycles. The average Bonchev–Trinajstić information content (AvgIpc) is 2.59. The molecule has 0 aliphatic heterocycles. The molecule has 146 valence electrons. The number of anilines is 2. The number of carbonyl (C=O) groups is 1. The van der Waals surface area contributed by atoms with Gasteiger partial charge in [0.2, 0.25) is 15.9 Å². The summed E-state index contributed by atoms with van der Waals surface area (Å²) in [6, 6.07) is 12.0. The third-order valence-corrected chi connectivity index (χ3v) is 6.48. The summed E-state index contributed by atoms with van der Waals surface area (Å²) in [5, 5.41) is 2.88. The van der Waals surface area contributed by atoms with Gasteiger partial charge in [-0.2, -0.15) is 0 Å². The maximum absolute atomic E-state index is 12.9. The normalized spacial score (nSPS) is 12.5. The van der Waals surface area contributed by atoms with Gasteiger partial charge in [-0.1, -0.05) is 25.1 Å². The van der Waals surface area contributed by atoms with Crippen molar-refractivity contribution < 1.29 is 13.2 Å². The van der Waals surface area contributed by atoms with Crippen LogP contribution in [0.3, 0.4) is 0 Å². The molecule has 2 rings (SSSR count). The lowest BCUT2D eigenvalue weighted by atomic mass is 10.1. The predicted octanol–water partition coefficient (Wildman–Crippen LogP) is 4.21. The third kappa shape index (κ3) is 5.26. The van der Waals surface area contributed by atoms with Crippen LogP contribution in [0.5, 0.6) is 0 Å². The maximum Gasteiger partial charge on any atom is 0.248 e. The van der Waals surface area contributed by atoms with Crippen molar-refractivity contribution >= 4 is 39.1 Å². The summed E-state index contributed by atoms with van der Waals surface area (Å²) in [6.07, 6.45) is 1.12. The van der Waals surface area contributed by atoms with E-state index in [0.717, 1.165) is 28.0 Å². The Bertz CT molecular complexity index is 927. The second kappa shape index (κ2) is 8.80. The van der Waals surface area contributed by atoms with Crippen LogP contribution in [0, 0.1) is 13.8 Å². The zero-order chi connectivity index (χ0) is 20.2. The SMILES string of the molecule is CCSc1ccccc1NC(=O)[C@@H](C)N(c1ccc(C)c(C)c1)S(C)(=O)=O. The van der Waals surface area contributed by atoms with Gasteiger partial charge in [0.25, 0.3) is 0 Å². The Kier molecular flexibility index (Phi) is 6.95. The fourth-order valence-electron chi connectivity index (χ4n) is 2.76. The van der Waals surface area contributed by atoms with E-state index in [1.807, 2.05) is 51.1 Å². The molecule has 0 bridgehead atoms. The van der Waals surface area contributed by atoms with E-state index >= 15 is 0 Å². The molecule has 0 unspecified atom stereocenters. The standard InChI is InChI=1S/C20H26N2O3S2/c1-6-26-19-10-8-7-9-18(19)21-20(23)16(4)22(27(5,24)25)17-12-11-14(2)15(3)13-17/h7-13,16H,6H2,1-5H3,(H,21,23)/t16-/m1/s1. The van der Waals surface area contributed by atoms with Gasteiger partial charge < -0.3 is 5.32 Å². The zero-order valence-electron chi connectivity index (χ0n) is 16.3. The van der Waals surface area contributed by atoms with E-state index in [2.05, 4.69) is 5.32 Å². The second-order valence-electron chi connectivity index (χ2n) is 6.42. The Morgan fingerprint density at radius 3 is 2.41 bits per heavy atom. The Morgan fingerprint density at radius 2 is 1.81 bits per heavy atom. The smallest absolute Gasteiger partial charge is 0.248 e. The lowest BCUT2D eigenvalue weighted by molar-refractivity contribution is -0.116. The molecule has 0 aliphatic rings. The highest BCUT2D eigenvalue weighted by molar-refractivity contribution is 7.99. The Balaban J connectivity index is 2.34. The minimum absolute atomic E-state index is 0.372. The van der Waals surface area contributed by atoms with Gasteiger partial charge in [-0.25, -0.2) is 8.42 Å². The largest absolute Gasteiger partial charge is 0.323 e. The second-order valence-corrected chi connectivity index (χ2v) is 9.59. The van der Waals surface area contributed by atoms with Crippen LogP contribution < -0.4 is 9.62 Å². The van der Waals surface area contributed by atoms with Gasteiger partial charge in [0, 0.05) is 4.90 Å². The number of hydrogen-bond donors (Lipinski definition) is 1. The number of aryl methyl sites for hydroxylation is 2. The van der Waals surface area contributed by atoms with Gasteiger partial charge in [0.15, 0.2) is 0 Å². The molecule has 0 spiro atoms. The first-order valence-electron chi connectivity index (χ1n) is 8.74. The first-order valence-corrected chi connectivity index (χ1v) is 11.6. The van der Waals surface area contributed by atoms with Gasteiger partial charge in [-0.05, 0) is 61.9 Å². The number of nitrogens with zero attached hydrogens (tertiary/aromatic N) is 1. The fourth-order valence-corrected chi connectivity index (χ4v) is 4.69. The van der Waals surface area contributed by atoms with E-state index in [1.165, 1.54) is 4.31 Å². The van der Waals surface area contributed by atoms with Crippen LogP contribution in [-0.2, 0) is 14.8 Å². The van der Waals surface area contributed by atoms with Crippen LogP contribution in [0.25, 0.3) is 0 Å². The van der Waals surface area contributed by atoms with Crippen LogP contribution in [0.1, 0.15) is 25.0 Å². The summed E-state index contributed by atoms with van der Waals surface area (Å²) < 4.78 is 26.0. The summed E-state index contributed by atoms with van der Waals surface area (Å²) in [6.45, 7) is 7.52. The van der Waals surface area contributed by atoms with Crippen molar-refractivity contribution in [2.45, 2.75) is 38.6 Å². The van der Waals surface area contributed by atoms with Crippen molar-refractivity contribution in [2.75, 3.05) is 21.6 Å². The van der Waals surface area contributed by atoms with Crippen LogP contribution in [-0.4, -0.2) is 32.4 Å². The first kappa shape index (κ1) is 21.3. The molecule has 27 heavy (non-hydrogen) atoms. The van der Waals surface area contributed by atoms with Crippen LogP contribution in [0.15, 0.2) is 47.4 Å². The van der Waals surface area contributed by atoms with Crippen molar-refractivity contribution in [3.63, 3.8) is 0 Å². The lowest BCUT2D eigenvalue weighted by Crippen LogP contribution is -2.45. The van der Waals surface area contributed by atoms with Crippen molar-refractivity contribution in [1.82, 2.24) is 0 Å². The number of hydrogen-bond acceptors (Lipinski definition) is 4. The van der Waals surface area contributed by atoms with E-state index in [0.29, 0.717) is 11.4 Å². The molecule has 0 saturated heterocycles. The molecule has 7 heteroatoms.